The van der Waals surface area contributed by atoms with Gasteiger partial charge < -0.3 is 9.47 Å². The van der Waals surface area contributed by atoms with Gasteiger partial charge in [-0.1, -0.05) is 237 Å². The van der Waals surface area contributed by atoms with Crippen molar-refractivity contribution < 1.29 is 0 Å². The Morgan fingerprint density at radius 1 is 0.263 bits per heavy atom. The average Bonchev–Trinajstić information content (AvgIpc) is 4.31. The van der Waals surface area contributed by atoms with Crippen molar-refractivity contribution in [3.05, 3.63) is 336 Å². The molecule has 2 nitrogen and oxygen atoms in total. The predicted octanol–water partition coefficient (Wildman–Crippen LogP) is 18.6. The van der Waals surface area contributed by atoms with Gasteiger partial charge in [0.15, 0.2) is 0 Å². The van der Waals surface area contributed by atoms with E-state index in [0.29, 0.717) is 0 Å². The van der Waals surface area contributed by atoms with E-state index in [9.17, 15) is 0 Å². The molecule has 16 rings (SSSR count). The number of nitrogens with zero attached hydrogens (tertiary/aromatic N) is 2. The van der Waals surface area contributed by atoms with Crippen LogP contribution in [0, 0.1) is 0 Å². The van der Waals surface area contributed by atoms with E-state index in [1.165, 1.54) is 117 Å². The van der Waals surface area contributed by atoms with E-state index in [4.69, 9.17) is 0 Å². The van der Waals surface area contributed by atoms with Crippen LogP contribution in [-0.4, -0.2) is 4.57 Å². The van der Waals surface area contributed by atoms with Crippen molar-refractivity contribution in [1.82, 2.24) is 4.57 Å². The maximum atomic E-state index is 2.54. The Morgan fingerprint density at radius 3 is 1.41 bits per heavy atom. The maximum absolute atomic E-state index is 2.54. The van der Waals surface area contributed by atoms with Crippen molar-refractivity contribution in [2.75, 3.05) is 4.90 Å². The van der Waals surface area contributed by atoms with E-state index in [-0.39, 0.29) is 0 Å². The fourth-order valence-corrected chi connectivity index (χ4v) is 14.0. The fraction of sp³-hybridized carbons (Fsp3) is 0.0270. The monoisotopic (exact) mass is 964 g/mol. The maximum Gasteiger partial charge on any atom is 0.0755 e. The molecule has 1 aliphatic heterocycles. The largest absolute Gasteiger partial charge is 0.310 e. The first-order valence-electron chi connectivity index (χ1n) is 26.5. The molecule has 0 N–H and O–H groups in total. The number of rotatable bonds is 7. The molecule has 2 aliphatic carbocycles. The van der Waals surface area contributed by atoms with Crippen LogP contribution in [0.3, 0.4) is 0 Å². The van der Waals surface area contributed by atoms with Gasteiger partial charge in [0.25, 0.3) is 0 Å². The van der Waals surface area contributed by atoms with Crippen LogP contribution in [0.15, 0.2) is 291 Å². The first-order chi connectivity index (χ1) is 37.7. The van der Waals surface area contributed by atoms with Crippen LogP contribution in [0.1, 0.15) is 44.5 Å². The van der Waals surface area contributed by atoms with Gasteiger partial charge in [0.1, 0.15) is 0 Å². The second-order valence-electron chi connectivity index (χ2n) is 20.7. The van der Waals surface area contributed by atoms with Crippen molar-refractivity contribution in [2.24, 2.45) is 0 Å². The molecule has 1 spiro atoms. The Morgan fingerprint density at radius 2 is 0.724 bits per heavy atom. The lowest BCUT2D eigenvalue weighted by molar-refractivity contribution is 0.748. The number of hydrogen-bond acceptors (Lipinski definition) is 1. The van der Waals surface area contributed by atoms with E-state index in [2.05, 4.69) is 301 Å². The third kappa shape index (κ3) is 5.81. The topological polar surface area (TPSA) is 8.17 Å². The van der Waals surface area contributed by atoms with Gasteiger partial charge in [0.05, 0.1) is 27.6 Å². The zero-order valence-corrected chi connectivity index (χ0v) is 41.6. The third-order valence-electron chi connectivity index (χ3n) is 17.0. The van der Waals surface area contributed by atoms with E-state index >= 15 is 0 Å². The molecule has 0 saturated heterocycles. The van der Waals surface area contributed by atoms with Gasteiger partial charge in [-0.25, -0.2) is 0 Å². The van der Waals surface area contributed by atoms with E-state index in [1.54, 1.807) is 0 Å². The molecular formula is C74H48N2. The van der Waals surface area contributed by atoms with Crippen molar-refractivity contribution in [3.8, 4) is 50.2 Å². The lowest BCUT2D eigenvalue weighted by Gasteiger charge is -2.40. The van der Waals surface area contributed by atoms with Gasteiger partial charge in [0, 0.05) is 27.8 Å². The summed E-state index contributed by atoms with van der Waals surface area (Å²) in [6.07, 6.45) is 0. The van der Waals surface area contributed by atoms with Crippen molar-refractivity contribution >= 4 is 38.9 Å². The van der Waals surface area contributed by atoms with E-state index < -0.39 is 10.8 Å². The van der Waals surface area contributed by atoms with Crippen LogP contribution in [0.4, 0.5) is 17.1 Å². The van der Waals surface area contributed by atoms with Crippen LogP contribution in [0.25, 0.3) is 72.0 Å². The number of para-hydroxylation sites is 3. The van der Waals surface area contributed by atoms with Gasteiger partial charge in [0.2, 0.25) is 0 Å². The number of fused-ring (bicyclic) bond motifs is 15. The molecule has 0 radical (unpaired) electrons. The molecule has 0 saturated carbocycles. The smallest absolute Gasteiger partial charge is 0.0755 e. The summed E-state index contributed by atoms with van der Waals surface area (Å²) in [6.45, 7) is 0. The van der Waals surface area contributed by atoms with Gasteiger partial charge in [-0.3, -0.25) is 0 Å². The van der Waals surface area contributed by atoms with Crippen molar-refractivity contribution in [1.29, 1.82) is 0 Å². The summed E-state index contributed by atoms with van der Waals surface area (Å²) < 4.78 is 2.53. The number of hydrogen-bond donors (Lipinski definition) is 0. The number of anilines is 3. The highest BCUT2D eigenvalue weighted by molar-refractivity contribution is 6.13. The lowest BCUT2D eigenvalue weighted by Crippen LogP contribution is -2.33. The molecule has 13 aromatic rings. The molecule has 1 atom stereocenters. The van der Waals surface area contributed by atoms with Crippen LogP contribution in [0.2, 0.25) is 0 Å². The summed E-state index contributed by atoms with van der Waals surface area (Å²) in [5, 5.41) is 2.55. The quantitative estimate of drug-likeness (QED) is 0.155. The fourth-order valence-electron chi connectivity index (χ4n) is 14.0. The highest BCUT2D eigenvalue weighted by atomic mass is 15.1. The molecular weight excluding hydrogens is 917 g/mol. The molecule has 76 heavy (non-hydrogen) atoms. The molecule has 1 unspecified atom stereocenters. The summed E-state index contributed by atoms with van der Waals surface area (Å²) in [4.78, 5) is 2.52. The number of aromatic nitrogens is 1. The van der Waals surface area contributed by atoms with Crippen LogP contribution < -0.4 is 4.90 Å². The molecule has 2 heteroatoms. The molecule has 1 aromatic heterocycles. The summed E-state index contributed by atoms with van der Waals surface area (Å²) in [5.41, 5.74) is 25.8. The Kier molecular flexibility index (Phi) is 9.20. The zero-order valence-electron chi connectivity index (χ0n) is 41.6. The molecule has 2 heterocycles. The Bertz CT molecular complexity index is 4420. The van der Waals surface area contributed by atoms with Crippen molar-refractivity contribution in [3.63, 3.8) is 0 Å². The number of benzene rings is 12. The average molecular weight is 965 g/mol. The van der Waals surface area contributed by atoms with Gasteiger partial charge in [-0.2, -0.15) is 0 Å². The minimum atomic E-state index is -0.627. The first kappa shape index (κ1) is 42.7. The summed E-state index contributed by atoms with van der Waals surface area (Å²) in [5.74, 6) is 0. The highest BCUT2D eigenvalue weighted by Gasteiger charge is 2.51. The highest BCUT2D eigenvalue weighted by Crippen LogP contribution is 2.63. The summed E-state index contributed by atoms with van der Waals surface area (Å²) in [7, 11) is 0. The second kappa shape index (κ2) is 16.4. The third-order valence-corrected chi connectivity index (χ3v) is 17.0. The van der Waals surface area contributed by atoms with Gasteiger partial charge in [-0.05, 0) is 144 Å². The standard InChI is InChI=1S/C74H48N2/c1-5-21-49(22-6-1)51-25-19-30-55(45-51)75(56-41-44-61-59-42-39-52(50-23-7-2-8-24-50)46-67(59)73(68(61)47-56,53-26-9-3-10-27-53)54-28-11-4-12-29-54)57-40-43-60-58-31-13-15-34-64(58)74(69(60)48-57)65-35-16-18-38-71(65)76-70-37-17-14-32-62(70)63-33-20-36-66(74)72(63)76/h1-48H. The summed E-state index contributed by atoms with van der Waals surface area (Å²) in [6, 6.07) is 109. The molecule has 3 aliphatic rings. The Hall–Kier alpha value is -9.76. The van der Waals surface area contributed by atoms with Crippen LogP contribution in [0.5, 0.6) is 0 Å². The molecule has 354 valence electrons. The summed E-state index contributed by atoms with van der Waals surface area (Å²) >= 11 is 0. The minimum absolute atomic E-state index is 0.605. The molecule has 0 fully saturated rings. The first-order valence-corrected chi connectivity index (χ1v) is 26.5. The zero-order chi connectivity index (χ0) is 50.0. The van der Waals surface area contributed by atoms with Gasteiger partial charge >= 0.3 is 0 Å². The van der Waals surface area contributed by atoms with E-state index in [1.807, 2.05) is 0 Å². The van der Waals surface area contributed by atoms with Crippen molar-refractivity contribution in [2.45, 2.75) is 10.8 Å². The predicted molar refractivity (Wildman–Crippen MR) is 315 cm³/mol. The molecule has 0 amide bonds. The lowest BCUT2D eigenvalue weighted by atomic mass is 9.65. The van der Waals surface area contributed by atoms with Crippen LogP contribution >= 0.6 is 0 Å². The van der Waals surface area contributed by atoms with Gasteiger partial charge in [-0.15, -0.1) is 0 Å². The van der Waals surface area contributed by atoms with Crippen LogP contribution in [-0.2, 0) is 10.8 Å². The second-order valence-corrected chi connectivity index (χ2v) is 20.7. The Labute approximate surface area is 442 Å². The minimum Gasteiger partial charge on any atom is -0.310 e. The SMILES string of the molecule is c1ccc(-c2cccc(N(c3ccc4c(c3)C(c3ccccc3)(c3ccccc3)c3cc(-c5ccccc5)ccc3-4)c3ccc4c(c3)C3(c5ccccc5-4)c4ccccc4-n4c5ccccc5c5cccc3c54)c2)cc1. The molecule has 0 bridgehead atoms. The normalized spacial score (nSPS) is 15.0. The molecule has 12 aromatic carbocycles. The Balaban J connectivity index is 0.982. The van der Waals surface area contributed by atoms with E-state index in [0.717, 1.165) is 17.1 Å².